The topological polar surface area (TPSA) is 15.6 Å². The Morgan fingerprint density at radius 1 is 1.07 bits per heavy atom. The van der Waals surface area contributed by atoms with Crippen molar-refractivity contribution in [1.29, 1.82) is 0 Å². The van der Waals surface area contributed by atoms with Crippen LogP contribution in [0.15, 0.2) is 42.9 Å². The highest BCUT2D eigenvalue weighted by atomic mass is 19.1. The van der Waals surface area contributed by atoms with Crippen LogP contribution in [-0.2, 0) is 0 Å². The van der Waals surface area contributed by atoms with Crippen LogP contribution in [0, 0.1) is 6.92 Å². The molecule has 0 aromatic heterocycles. The molecule has 0 bridgehead atoms. The highest BCUT2D eigenvalue weighted by Crippen LogP contribution is 2.29. The first-order valence-corrected chi connectivity index (χ1v) is 10.7. The highest BCUT2D eigenvalue weighted by Gasteiger charge is 2.13. The summed E-state index contributed by atoms with van der Waals surface area (Å²) in [7, 11) is 0. The van der Waals surface area contributed by atoms with E-state index in [1.807, 2.05) is 19.9 Å². The van der Waals surface area contributed by atoms with Crippen LogP contribution in [0.5, 0.6) is 0 Å². The molecule has 0 saturated heterocycles. The van der Waals surface area contributed by atoms with E-state index in [1.165, 1.54) is 11.1 Å². The lowest BCUT2D eigenvalue weighted by molar-refractivity contribution is 0.257. The molecule has 29 heavy (non-hydrogen) atoms. The van der Waals surface area contributed by atoms with Crippen LogP contribution in [0.1, 0.15) is 68.7 Å². The Balaban J connectivity index is 2.97. The van der Waals surface area contributed by atoms with Crippen molar-refractivity contribution in [1.82, 2.24) is 4.90 Å². The third-order valence-corrected chi connectivity index (χ3v) is 5.15. The fraction of sp³-hybridized carbons (Fsp3) is 0.500. The molecule has 0 saturated carbocycles. The van der Waals surface area contributed by atoms with Crippen LogP contribution in [-0.4, -0.2) is 43.5 Å². The Kier molecular flexibility index (Phi) is 11.5. The summed E-state index contributed by atoms with van der Waals surface area (Å²) in [6.07, 6.45) is 5.50. The van der Waals surface area contributed by atoms with Gasteiger partial charge in [-0.15, -0.1) is 6.58 Å². The van der Waals surface area contributed by atoms with Crippen molar-refractivity contribution in [3.63, 3.8) is 0 Å². The molecule has 160 valence electrons. The highest BCUT2D eigenvalue weighted by molar-refractivity contribution is 6.03. The van der Waals surface area contributed by atoms with E-state index in [0.717, 1.165) is 66.9 Å². The SMILES string of the molecule is C=CCN=C(C)c1cc(C(=C)CCCN(CCC)CCCF)c(C)cc1C(=C)C. The Morgan fingerprint density at radius 3 is 2.34 bits per heavy atom. The first-order chi connectivity index (χ1) is 13.8. The van der Waals surface area contributed by atoms with Crippen LogP contribution in [0.3, 0.4) is 0 Å². The van der Waals surface area contributed by atoms with Gasteiger partial charge in [-0.05, 0) is 87.9 Å². The number of nitrogens with zero attached hydrogens (tertiary/aromatic N) is 2. The monoisotopic (exact) mass is 398 g/mol. The van der Waals surface area contributed by atoms with Gasteiger partial charge in [0.25, 0.3) is 0 Å². The zero-order valence-electron chi connectivity index (χ0n) is 19.0. The van der Waals surface area contributed by atoms with Gasteiger partial charge in [0, 0.05) is 17.8 Å². The molecular weight excluding hydrogens is 359 g/mol. The maximum atomic E-state index is 12.5. The summed E-state index contributed by atoms with van der Waals surface area (Å²) in [5.41, 5.74) is 7.87. The number of alkyl halides is 1. The van der Waals surface area contributed by atoms with Crippen LogP contribution in [0.25, 0.3) is 11.1 Å². The van der Waals surface area contributed by atoms with E-state index < -0.39 is 0 Å². The second kappa shape index (κ2) is 13.3. The van der Waals surface area contributed by atoms with Gasteiger partial charge in [0.05, 0.1) is 13.2 Å². The number of halogens is 1. The number of benzene rings is 1. The molecule has 0 amide bonds. The lowest BCUT2D eigenvalue weighted by Crippen LogP contribution is -2.27. The molecule has 1 aromatic carbocycles. The van der Waals surface area contributed by atoms with Crippen molar-refractivity contribution >= 4 is 16.9 Å². The summed E-state index contributed by atoms with van der Waals surface area (Å²) >= 11 is 0. The second-order valence-corrected chi connectivity index (χ2v) is 7.80. The quantitative estimate of drug-likeness (QED) is 0.246. The van der Waals surface area contributed by atoms with E-state index in [-0.39, 0.29) is 6.67 Å². The molecule has 0 N–H and O–H groups in total. The fourth-order valence-electron chi connectivity index (χ4n) is 3.61. The lowest BCUT2D eigenvalue weighted by Gasteiger charge is -2.22. The van der Waals surface area contributed by atoms with Crippen LogP contribution < -0.4 is 0 Å². The Bertz CT molecular complexity index is 730. The third kappa shape index (κ3) is 8.10. The molecule has 0 heterocycles. The molecular formula is C26H39FN2. The van der Waals surface area contributed by atoms with Crippen molar-refractivity contribution in [2.75, 3.05) is 32.9 Å². The fourth-order valence-corrected chi connectivity index (χ4v) is 3.61. The number of aliphatic imine (C=N–C) groups is 1. The number of allylic oxidation sites excluding steroid dienone is 2. The van der Waals surface area contributed by atoms with Gasteiger partial charge in [-0.1, -0.05) is 37.8 Å². The summed E-state index contributed by atoms with van der Waals surface area (Å²) in [6.45, 7) is 23.9. The van der Waals surface area contributed by atoms with Gasteiger partial charge in [-0.2, -0.15) is 0 Å². The molecule has 0 aliphatic carbocycles. The van der Waals surface area contributed by atoms with Crippen molar-refractivity contribution < 1.29 is 4.39 Å². The largest absolute Gasteiger partial charge is 0.303 e. The summed E-state index contributed by atoms with van der Waals surface area (Å²) in [4.78, 5) is 6.97. The molecule has 0 unspecified atom stereocenters. The summed E-state index contributed by atoms with van der Waals surface area (Å²) in [6, 6.07) is 4.42. The third-order valence-electron chi connectivity index (χ3n) is 5.15. The van der Waals surface area contributed by atoms with E-state index in [2.05, 4.69) is 55.6 Å². The van der Waals surface area contributed by atoms with Crippen molar-refractivity contribution in [2.24, 2.45) is 4.99 Å². The molecule has 0 fully saturated rings. The molecule has 0 radical (unpaired) electrons. The van der Waals surface area contributed by atoms with Crippen LogP contribution in [0.4, 0.5) is 4.39 Å². The Labute approximate surface area is 177 Å². The summed E-state index contributed by atoms with van der Waals surface area (Å²) in [5, 5.41) is 0. The average Bonchev–Trinajstić information content (AvgIpc) is 2.69. The van der Waals surface area contributed by atoms with E-state index in [1.54, 1.807) is 0 Å². The molecule has 0 atom stereocenters. The van der Waals surface area contributed by atoms with Crippen molar-refractivity contribution in [3.8, 4) is 0 Å². The zero-order valence-corrected chi connectivity index (χ0v) is 19.0. The minimum Gasteiger partial charge on any atom is -0.303 e. The molecule has 0 aliphatic rings. The van der Waals surface area contributed by atoms with E-state index in [0.29, 0.717) is 13.0 Å². The van der Waals surface area contributed by atoms with Crippen LogP contribution in [0.2, 0.25) is 0 Å². The van der Waals surface area contributed by atoms with Crippen LogP contribution >= 0.6 is 0 Å². The standard InChI is InChI=1S/C26H39FN2/c1-8-14-28-23(7)26-19-25(22(6)18-24(26)20(3)4)21(5)12-10-16-29(15-9-2)17-11-13-27/h8,18-19H,1,3,5,9-17H2,2,4,6-7H3. The Hall–Kier alpha value is -2.00. The van der Waals surface area contributed by atoms with Gasteiger partial charge < -0.3 is 4.90 Å². The number of aryl methyl sites for hydroxylation is 1. The van der Waals surface area contributed by atoms with Crippen molar-refractivity contribution in [3.05, 3.63) is 60.2 Å². The first-order valence-electron chi connectivity index (χ1n) is 10.7. The smallest absolute Gasteiger partial charge is 0.0906 e. The Morgan fingerprint density at radius 2 is 1.76 bits per heavy atom. The minimum absolute atomic E-state index is 0.239. The molecule has 1 rings (SSSR count). The number of rotatable bonds is 14. The average molecular weight is 399 g/mol. The van der Waals surface area contributed by atoms with Gasteiger partial charge in [-0.25, -0.2) is 0 Å². The predicted molar refractivity (Wildman–Crippen MR) is 129 cm³/mol. The minimum atomic E-state index is -0.239. The maximum Gasteiger partial charge on any atom is 0.0906 e. The van der Waals surface area contributed by atoms with E-state index in [9.17, 15) is 4.39 Å². The van der Waals surface area contributed by atoms with Gasteiger partial charge >= 0.3 is 0 Å². The zero-order chi connectivity index (χ0) is 21.8. The first kappa shape index (κ1) is 25.0. The van der Waals surface area contributed by atoms with Gasteiger partial charge in [0.1, 0.15) is 0 Å². The molecule has 1 aromatic rings. The molecule has 0 aliphatic heterocycles. The van der Waals surface area contributed by atoms with E-state index in [4.69, 9.17) is 0 Å². The van der Waals surface area contributed by atoms with Gasteiger partial charge in [0.15, 0.2) is 0 Å². The molecule has 0 spiro atoms. The summed E-state index contributed by atoms with van der Waals surface area (Å²) < 4.78 is 12.5. The predicted octanol–water partition coefficient (Wildman–Crippen LogP) is 6.89. The second-order valence-electron chi connectivity index (χ2n) is 7.80. The molecule has 2 nitrogen and oxygen atoms in total. The summed E-state index contributed by atoms with van der Waals surface area (Å²) in [5.74, 6) is 0. The lowest BCUT2D eigenvalue weighted by atomic mass is 9.89. The molecule has 3 heteroatoms. The van der Waals surface area contributed by atoms with E-state index >= 15 is 0 Å². The van der Waals surface area contributed by atoms with Gasteiger partial charge in [0.2, 0.25) is 0 Å². The van der Waals surface area contributed by atoms with Crippen molar-refractivity contribution in [2.45, 2.75) is 53.4 Å². The normalized spacial score (nSPS) is 11.7. The number of hydrogen-bond acceptors (Lipinski definition) is 2. The maximum absolute atomic E-state index is 12.5. The van der Waals surface area contributed by atoms with Gasteiger partial charge in [-0.3, -0.25) is 9.38 Å². The number of hydrogen-bond donors (Lipinski definition) is 0.